The molecule has 2 heterocycles. The van der Waals surface area contributed by atoms with Crippen LogP contribution in [-0.2, 0) is 14.3 Å². The van der Waals surface area contributed by atoms with Gasteiger partial charge in [-0.15, -0.1) is 0 Å². The first kappa shape index (κ1) is 21.5. The van der Waals surface area contributed by atoms with Crippen LogP contribution in [0, 0.1) is 5.92 Å². The second-order valence-corrected chi connectivity index (χ2v) is 8.94. The monoisotopic (exact) mass is 432 g/mol. The standard InChI is InChI=1S/C21H24N2O4S2/c1-14-7-10-22(11-8-14)18(24)9-12-23-19(25)17(29-21(23)28)13-15-3-5-16(6-4-15)20(26)27-2/h3-6,13-14H,7-12H2,1-2H3/b17-13-. The van der Waals surface area contributed by atoms with E-state index in [4.69, 9.17) is 12.2 Å². The molecule has 0 aromatic heterocycles. The lowest BCUT2D eigenvalue weighted by molar-refractivity contribution is -0.133. The molecule has 0 radical (unpaired) electrons. The van der Waals surface area contributed by atoms with Crippen LogP contribution in [0.5, 0.6) is 0 Å². The number of carbonyl (C=O) groups is 3. The predicted molar refractivity (Wildman–Crippen MR) is 117 cm³/mol. The number of methoxy groups -OCH3 is 1. The van der Waals surface area contributed by atoms with E-state index in [1.165, 1.54) is 23.8 Å². The van der Waals surface area contributed by atoms with Gasteiger partial charge in [-0.25, -0.2) is 4.79 Å². The largest absolute Gasteiger partial charge is 0.465 e. The highest BCUT2D eigenvalue weighted by Gasteiger charge is 2.32. The van der Waals surface area contributed by atoms with Crippen molar-refractivity contribution in [2.45, 2.75) is 26.2 Å². The van der Waals surface area contributed by atoms with Crippen molar-refractivity contribution in [2.75, 3.05) is 26.7 Å². The number of ether oxygens (including phenoxy) is 1. The fraction of sp³-hybridized carbons (Fsp3) is 0.429. The van der Waals surface area contributed by atoms with Gasteiger partial charge in [-0.1, -0.05) is 43.0 Å². The van der Waals surface area contributed by atoms with Crippen molar-refractivity contribution in [1.29, 1.82) is 0 Å². The summed E-state index contributed by atoms with van der Waals surface area (Å²) >= 11 is 6.58. The number of esters is 1. The Bertz CT molecular complexity index is 843. The van der Waals surface area contributed by atoms with Crippen molar-refractivity contribution in [3.05, 3.63) is 40.3 Å². The summed E-state index contributed by atoms with van der Waals surface area (Å²) < 4.78 is 5.15. The second-order valence-electron chi connectivity index (χ2n) is 7.26. The van der Waals surface area contributed by atoms with E-state index in [1.54, 1.807) is 30.3 Å². The number of rotatable bonds is 5. The average Bonchev–Trinajstić information content (AvgIpc) is 2.99. The maximum Gasteiger partial charge on any atom is 0.337 e. The molecule has 2 saturated heterocycles. The maximum absolute atomic E-state index is 12.7. The molecular weight excluding hydrogens is 408 g/mol. The minimum Gasteiger partial charge on any atom is -0.465 e. The Balaban J connectivity index is 1.59. The van der Waals surface area contributed by atoms with Crippen LogP contribution in [0.3, 0.4) is 0 Å². The van der Waals surface area contributed by atoms with Crippen LogP contribution < -0.4 is 0 Å². The van der Waals surface area contributed by atoms with E-state index in [0.717, 1.165) is 31.5 Å². The number of hydrogen-bond donors (Lipinski definition) is 0. The van der Waals surface area contributed by atoms with E-state index in [-0.39, 0.29) is 18.2 Å². The molecule has 0 bridgehead atoms. The van der Waals surface area contributed by atoms with Gasteiger partial charge in [0.1, 0.15) is 4.32 Å². The minimum atomic E-state index is -0.407. The van der Waals surface area contributed by atoms with E-state index in [0.29, 0.717) is 27.3 Å². The fourth-order valence-electron chi connectivity index (χ4n) is 3.30. The van der Waals surface area contributed by atoms with Gasteiger partial charge >= 0.3 is 5.97 Å². The fourth-order valence-corrected chi connectivity index (χ4v) is 4.61. The number of piperidine rings is 1. The molecule has 0 atom stereocenters. The topological polar surface area (TPSA) is 66.9 Å². The zero-order chi connectivity index (χ0) is 21.0. The normalized spacial score (nSPS) is 19.2. The molecule has 0 unspecified atom stereocenters. The summed E-state index contributed by atoms with van der Waals surface area (Å²) in [6.07, 6.45) is 4.09. The quantitative estimate of drug-likeness (QED) is 0.404. The summed E-state index contributed by atoms with van der Waals surface area (Å²) in [6, 6.07) is 6.80. The average molecular weight is 433 g/mol. The number of amides is 2. The van der Waals surface area contributed by atoms with Crippen molar-refractivity contribution < 1.29 is 19.1 Å². The number of likely N-dealkylation sites (tertiary alicyclic amines) is 1. The lowest BCUT2D eigenvalue weighted by Gasteiger charge is -2.30. The number of benzene rings is 1. The van der Waals surface area contributed by atoms with Gasteiger partial charge < -0.3 is 9.64 Å². The summed E-state index contributed by atoms with van der Waals surface area (Å²) in [6.45, 7) is 4.09. The van der Waals surface area contributed by atoms with E-state index >= 15 is 0 Å². The molecule has 29 heavy (non-hydrogen) atoms. The van der Waals surface area contributed by atoms with Crippen LogP contribution in [0.4, 0.5) is 0 Å². The third-order valence-corrected chi connectivity index (χ3v) is 6.57. The number of thiocarbonyl (C=S) groups is 1. The summed E-state index contributed by atoms with van der Waals surface area (Å²) in [4.78, 5) is 40.6. The van der Waals surface area contributed by atoms with Crippen molar-refractivity contribution in [3.8, 4) is 0 Å². The SMILES string of the molecule is COC(=O)c1ccc(/C=C2\SC(=S)N(CCC(=O)N3CCC(C)CC3)C2=O)cc1. The van der Waals surface area contributed by atoms with Crippen LogP contribution in [0.2, 0.25) is 0 Å². The summed E-state index contributed by atoms with van der Waals surface area (Å²) in [5, 5.41) is 0. The first-order chi connectivity index (χ1) is 13.9. The lowest BCUT2D eigenvalue weighted by Crippen LogP contribution is -2.40. The van der Waals surface area contributed by atoms with Crippen LogP contribution in [0.1, 0.15) is 42.1 Å². The Morgan fingerprint density at radius 2 is 1.90 bits per heavy atom. The lowest BCUT2D eigenvalue weighted by atomic mass is 9.99. The van der Waals surface area contributed by atoms with E-state index in [1.807, 2.05) is 4.90 Å². The molecule has 2 fully saturated rings. The van der Waals surface area contributed by atoms with E-state index in [9.17, 15) is 14.4 Å². The molecule has 0 spiro atoms. The van der Waals surface area contributed by atoms with Crippen LogP contribution in [-0.4, -0.2) is 58.6 Å². The minimum absolute atomic E-state index is 0.0772. The van der Waals surface area contributed by atoms with Crippen LogP contribution in [0.15, 0.2) is 29.2 Å². The molecular formula is C21H24N2O4S2. The van der Waals surface area contributed by atoms with Gasteiger partial charge in [0.25, 0.3) is 5.91 Å². The summed E-state index contributed by atoms with van der Waals surface area (Å²) in [5.41, 5.74) is 1.24. The van der Waals surface area contributed by atoms with Gasteiger partial charge in [0.15, 0.2) is 0 Å². The molecule has 2 aliphatic heterocycles. The third kappa shape index (κ3) is 5.25. The first-order valence-corrected chi connectivity index (χ1v) is 10.8. The molecule has 154 valence electrons. The molecule has 8 heteroatoms. The molecule has 2 amide bonds. The first-order valence-electron chi connectivity index (χ1n) is 9.60. The van der Waals surface area contributed by atoms with Gasteiger partial charge in [0.2, 0.25) is 5.91 Å². The van der Waals surface area contributed by atoms with Crippen molar-refractivity contribution >= 4 is 52.2 Å². The van der Waals surface area contributed by atoms with E-state index < -0.39 is 5.97 Å². The Labute approximate surface area is 180 Å². The smallest absolute Gasteiger partial charge is 0.337 e. The summed E-state index contributed by atoms with van der Waals surface area (Å²) in [5.74, 6) is 0.152. The highest BCUT2D eigenvalue weighted by atomic mass is 32.2. The van der Waals surface area contributed by atoms with Crippen molar-refractivity contribution in [3.63, 3.8) is 0 Å². The van der Waals surface area contributed by atoms with Crippen molar-refractivity contribution in [2.24, 2.45) is 5.92 Å². The van der Waals surface area contributed by atoms with Gasteiger partial charge in [-0.3, -0.25) is 14.5 Å². The Morgan fingerprint density at radius 3 is 2.52 bits per heavy atom. The second kappa shape index (κ2) is 9.54. The van der Waals surface area contributed by atoms with Gasteiger partial charge in [-0.05, 0) is 42.5 Å². The highest BCUT2D eigenvalue weighted by Crippen LogP contribution is 2.32. The number of hydrogen-bond acceptors (Lipinski definition) is 6. The molecule has 1 aromatic carbocycles. The van der Waals surface area contributed by atoms with Crippen LogP contribution in [0.25, 0.3) is 6.08 Å². The Hall–Kier alpha value is -2.19. The Kier molecular flexibility index (Phi) is 7.08. The molecule has 3 rings (SSSR count). The predicted octanol–water partition coefficient (Wildman–Crippen LogP) is 3.32. The molecule has 2 aliphatic rings. The molecule has 0 aliphatic carbocycles. The molecule has 0 N–H and O–H groups in total. The third-order valence-electron chi connectivity index (χ3n) is 5.19. The summed E-state index contributed by atoms with van der Waals surface area (Å²) in [7, 11) is 1.33. The number of nitrogens with zero attached hydrogens (tertiary/aromatic N) is 2. The van der Waals surface area contributed by atoms with Gasteiger partial charge in [-0.2, -0.15) is 0 Å². The zero-order valence-electron chi connectivity index (χ0n) is 16.6. The maximum atomic E-state index is 12.7. The molecule has 6 nitrogen and oxygen atoms in total. The Morgan fingerprint density at radius 1 is 1.24 bits per heavy atom. The number of carbonyl (C=O) groups excluding carboxylic acids is 3. The number of thioether (sulfide) groups is 1. The van der Waals surface area contributed by atoms with E-state index in [2.05, 4.69) is 11.7 Å². The highest BCUT2D eigenvalue weighted by molar-refractivity contribution is 8.26. The van der Waals surface area contributed by atoms with Crippen molar-refractivity contribution in [1.82, 2.24) is 9.80 Å². The molecule has 1 aromatic rings. The molecule has 0 saturated carbocycles. The van der Waals surface area contributed by atoms with Gasteiger partial charge in [0.05, 0.1) is 17.6 Å². The zero-order valence-corrected chi connectivity index (χ0v) is 18.2. The van der Waals surface area contributed by atoms with Crippen LogP contribution >= 0.6 is 24.0 Å². The van der Waals surface area contributed by atoms with Gasteiger partial charge in [0, 0.05) is 26.1 Å².